The van der Waals surface area contributed by atoms with Crippen molar-refractivity contribution in [3.63, 3.8) is 0 Å². The molecule has 0 saturated carbocycles. The Hall–Kier alpha value is -1.83. The number of piperazine rings is 1. The molecule has 3 rings (SSSR count). The average Bonchev–Trinajstić information content (AvgIpc) is 2.60. The van der Waals surface area contributed by atoms with Gasteiger partial charge in [-0.3, -0.25) is 29.7 Å². The fourth-order valence-corrected chi connectivity index (χ4v) is 3.19. The molecule has 2 heterocycles. The van der Waals surface area contributed by atoms with E-state index in [1.807, 2.05) is 53.6 Å². The van der Waals surface area contributed by atoms with Crippen LogP contribution in [0, 0.1) is 0 Å². The minimum absolute atomic E-state index is 0.0987. The molecule has 1 aromatic rings. The van der Waals surface area contributed by atoms with Gasteiger partial charge in [-0.1, -0.05) is 52.3 Å². The van der Waals surface area contributed by atoms with Crippen molar-refractivity contribution in [1.29, 1.82) is 0 Å². The number of halogens is 1. The highest BCUT2D eigenvalue weighted by molar-refractivity contribution is 9.10. The molecule has 132 valence electrons. The molecule has 6 nitrogen and oxygen atoms in total. The largest absolute Gasteiger partial charge is 0.291 e. The normalized spacial score (nSPS) is 24.1. The number of hydrogen-bond acceptors (Lipinski definition) is 5. The molecule has 2 amide bonds. The van der Waals surface area contributed by atoms with Gasteiger partial charge in [0.2, 0.25) is 11.8 Å². The van der Waals surface area contributed by atoms with E-state index >= 15 is 0 Å². The Kier molecular flexibility index (Phi) is 6.12. The smallest absolute Gasteiger partial charge is 0.243 e. The van der Waals surface area contributed by atoms with Gasteiger partial charge in [0.05, 0.1) is 17.9 Å². The standard InChI is InChI=1S/C18H21BrN4O2/c19-15-6-7-16(21-10-15)20-8-9-23-17(24)12-22(13-18(23)25)11-14-4-2-1-3-5-14/h1-7,10,15-16,20H,8-9,11-13H2. The van der Waals surface area contributed by atoms with Gasteiger partial charge >= 0.3 is 0 Å². The van der Waals surface area contributed by atoms with Crippen LogP contribution in [-0.2, 0) is 16.1 Å². The Morgan fingerprint density at radius 2 is 1.84 bits per heavy atom. The van der Waals surface area contributed by atoms with Crippen LogP contribution in [0.5, 0.6) is 0 Å². The second-order valence-electron chi connectivity index (χ2n) is 6.10. The van der Waals surface area contributed by atoms with Crippen molar-refractivity contribution in [1.82, 2.24) is 15.1 Å². The number of amides is 2. The van der Waals surface area contributed by atoms with Crippen molar-refractivity contribution in [3.05, 3.63) is 48.0 Å². The van der Waals surface area contributed by atoms with Crippen LogP contribution in [0.25, 0.3) is 0 Å². The third kappa shape index (κ3) is 5.07. The first-order valence-corrected chi connectivity index (χ1v) is 9.22. The lowest BCUT2D eigenvalue weighted by atomic mass is 10.2. The maximum absolute atomic E-state index is 12.3. The first-order valence-electron chi connectivity index (χ1n) is 8.30. The zero-order chi connectivity index (χ0) is 17.6. The van der Waals surface area contributed by atoms with E-state index in [0.29, 0.717) is 19.6 Å². The molecule has 2 unspecified atom stereocenters. The summed E-state index contributed by atoms with van der Waals surface area (Å²) < 4.78 is 0. The molecular formula is C18H21BrN4O2. The number of dihydropyridines is 1. The summed E-state index contributed by atoms with van der Waals surface area (Å²) in [6, 6.07) is 9.87. The maximum Gasteiger partial charge on any atom is 0.243 e. The summed E-state index contributed by atoms with van der Waals surface area (Å²) in [6.45, 7) is 2.05. The van der Waals surface area contributed by atoms with Crippen LogP contribution < -0.4 is 5.32 Å². The minimum Gasteiger partial charge on any atom is -0.291 e. The molecule has 1 fully saturated rings. The molecule has 1 saturated heterocycles. The first kappa shape index (κ1) is 18.0. The van der Waals surface area contributed by atoms with Crippen molar-refractivity contribution in [2.75, 3.05) is 26.2 Å². The molecule has 0 spiro atoms. The summed E-state index contributed by atoms with van der Waals surface area (Å²) in [5.41, 5.74) is 1.10. The van der Waals surface area contributed by atoms with Gasteiger partial charge in [-0.25, -0.2) is 0 Å². The third-order valence-electron chi connectivity index (χ3n) is 4.12. The van der Waals surface area contributed by atoms with Gasteiger partial charge in [0, 0.05) is 25.8 Å². The molecule has 0 radical (unpaired) electrons. The number of alkyl halides is 1. The zero-order valence-electron chi connectivity index (χ0n) is 13.8. The minimum atomic E-state index is -0.141. The van der Waals surface area contributed by atoms with Gasteiger partial charge in [0.25, 0.3) is 0 Å². The first-order chi connectivity index (χ1) is 12.1. The van der Waals surface area contributed by atoms with Crippen LogP contribution in [0.1, 0.15) is 5.56 Å². The number of nitrogens with zero attached hydrogens (tertiary/aromatic N) is 3. The van der Waals surface area contributed by atoms with Gasteiger partial charge in [-0.2, -0.15) is 0 Å². The van der Waals surface area contributed by atoms with Crippen molar-refractivity contribution in [2.24, 2.45) is 4.99 Å². The molecule has 25 heavy (non-hydrogen) atoms. The molecule has 1 N–H and O–H groups in total. The maximum atomic E-state index is 12.3. The summed E-state index contributed by atoms with van der Waals surface area (Å²) >= 11 is 3.43. The van der Waals surface area contributed by atoms with Gasteiger partial charge < -0.3 is 0 Å². The number of aliphatic imine (C=N–C) groups is 1. The number of carbonyl (C=O) groups excluding carboxylic acids is 2. The van der Waals surface area contributed by atoms with E-state index < -0.39 is 0 Å². The van der Waals surface area contributed by atoms with E-state index in [1.165, 1.54) is 4.90 Å². The summed E-state index contributed by atoms with van der Waals surface area (Å²) in [7, 11) is 0. The SMILES string of the molecule is O=C1CN(Cc2ccccc2)CC(=O)N1CCNC1C=CC(Br)C=N1. The van der Waals surface area contributed by atoms with Gasteiger partial charge in [0.15, 0.2) is 0 Å². The molecule has 0 aromatic heterocycles. The van der Waals surface area contributed by atoms with Gasteiger partial charge in [-0.05, 0) is 11.6 Å². The number of allylic oxidation sites excluding steroid dienone is 1. The molecule has 2 aliphatic rings. The van der Waals surface area contributed by atoms with Crippen LogP contribution >= 0.6 is 15.9 Å². The van der Waals surface area contributed by atoms with E-state index in [0.717, 1.165) is 5.56 Å². The number of nitrogens with one attached hydrogen (secondary N) is 1. The van der Waals surface area contributed by atoms with Crippen LogP contribution in [0.2, 0.25) is 0 Å². The van der Waals surface area contributed by atoms with Crippen molar-refractivity contribution in [3.8, 4) is 0 Å². The number of hydrogen-bond donors (Lipinski definition) is 1. The molecule has 2 aliphatic heterocycles. The average molecular weight is 405 g/mol. The summed E-state index contributed by atoms with van der Waals surface area (Å²) in [6.07, 6.45) is 5.68. The molecule has 0 aliphatic carbocycles. The lowest BCUT2D eigenvalue weighted by Crippen LogP contribution is -2.55. The van der Waals surface area contributed by atoms with Crippen LogP contribution in [-0.4, -0.2) is 65.0 Å². The predicted octanol–water partition coefficient (Wildman–Crippen LogP) is 1.18. The van der Waals surface area contributed by atoms with Crippen LogP contribution in [0.4, 0.5) is 0 Å². The van der Waals surface area contributed by atoms with Crippen molar-refractivity contribution in [2.45, 2.75) is 17.5 Å². The third-order valence-corrected chi connectivity index (χ3v) is 4.67. The number of benzene rings is 1. The molecular weight excluding hydrogens is 384 g/mol. The Morgan fingerprint density at radius 3 is 2.48 bits per heavy atom. The topological polar surface area (TPSA) is 65.0 Å². The highest BCUT2D eigenvalue weighted by Gasteiger charge is 2.30. The molecule has 0 bridgehead atoms. The number of rotatable bonds is 6. The van der Waals surface area contributed by atoms with E-state index in [4.69, 9.17) is 0 Å². The molecule has 2 atom stereocenters. The lowest BCUT2D eigenvalue weighted by molar-refractivity contribution is -0.151. The summed E-state index contributed by atoms with van der Waals surface area (Å²) in [5.74, 6) is -0.283. The second kappa shape index (κ2) is 8.51. The van der Waals surface area contributed by atoms with Crippen LogP contribution in [0.3, 0.4) is 0 Å². The summed E-state index contributed by atoms with van der Waals surface area (Å²) in [5, 5.41) is 3.22. The Balaban J connectivity index is 1.46. The van der Waals surface area contributed by atoms with Crippen molar-refractivity contribution < 1.29 is 9.59 Å². The Labute approximate surface area is 155 Å². The van der Waals surface area contributed by atoms with Gasteiger partial charge in [-0.15, -0.1) is 0 Å². The lowest BCUT2D eigenvalue weighted by Gasteiger charge is -2.32. The number of imide groups is 1. The van der Waals surface area contributed by atoms with E-state index in [9.17, 15) is 9.59 Å². The zero-order valence-corrected chi connectivity index (χ0v) is 15.4. The predicted molar refractivity (Wildman–Crippen MR) is 101 cm³/mol. The summed E-state index contributed by atoms with van der Waals surface area (Å²) in [4.78, 5) is 32.4. The fraction of sp³-hybridized carbons (Fsp3) is 0.389. The fourth-order valence-electron chi connectivity index (χ4n) is 2.88. The molecule has 7 heteroatoms. The van der Waals surface area contributed by atoms with E-state index in [2.05, 4.69) is 26.2 Å². The van der Waals surface area contributed by atoms with Crippen LogP contribution in [0.15, 0.2) is 47.5 Å². The van der Waals surface area contributed by atoms with Crippen molar-refractivity contribution >= 4 is 34.0 Å². The molecule has 1 aromatic carbocycles. The van der Waals surface area contributed by atoms with E-state index in [-0.39, 0.29) is 35.9 Å². The Morgan fingerprint density at radius 1 is 1.12 bits per heavy atom. The number of carbonyl (C=O) groups is 2. The van der Waals surface area contributed by atoms with E-state index in [1.54, 1.807) is 0 Å². The highest BCUT2D eigenvalue weighted by atomic mass is 79.9. The monoisotopic (exact) mass is 404 g/mol. The quantitative estimate of drug-likeness (QED) is 0.439. The Bertz CT molecular complexity index is 645. The highest BCUT2D eigenvalue weighted by Crippen LogP contribution is 2.10. The second-order valence-corrected chi connectivity index (χ2v) is 7.15. The van der Waals surface area contributed by atoms with Gasteiger partial charge in [0.1, 0.15) is 6.17 Å².